The van der Waals surface area contributed by atoms with Gasteiger partial charge in [0.05, 0.1) is 12.5 Å². The lowest BCUT2D eigenvalue weighted by atomic mass is 10.1. The second kappa shape index (κ2) is 6.45. The number of carbonyl (C=O) groups excluding carboxylic acids is 1. The van der Waals surface area contributed by atoms with Crippen LogP contribution in [0.1, 0.15) is 36.4 Å². The maximum absolute atomic E-state index is 12.6. The molecule has 2 aromatic rings. The van der Waals surface area contributed by atoms with Crippen molar-refractivity contribution in [1.82, 2.24) is 4.90 Å². The van der Waals surface area contributed by atoms with Crippen LogP contribution in [0.3, 0.4) is 0 Å². The number of furan rings is 1. The third-order valence-corrected chi connectivity index (χ3v) is 3.25. The molecule has 0 unspecified atom stereocenters. The van der Waals surface area contributed by atoms with E-state index in [1.54, 1.807) is 11.0 Å². The smallest absolute Gasteiger partial charge is 0.289 e. The SMILES string of the molecule is Cc1ccc2oc(C(=O)N(CCC#N)CC(C)C)cc2c1. The van der Waals surface area contributed by atoms with Crippen molar-refractivity contribution in [2.24, 2.45) is 5.92 Å². The number of benzene rings is 1. The Balaban J connectivity index is 2.26. The van der Waals surface area contributed by atoms with Crippen molar-refractivity contribution in [3.63, 3.8) is 0 Å². The van der Waals surface area contributed by atoms with Gasteiger partial charge in [0.2, 0.25) is 0 Å². The van der Waals surface area contributed by atoms with Crippen LogP contribution < -0.4 is 0 Å². The zero-order valence-electron chi connectivity index (χ0n) is 12.7. The summed E-state index contributed by atoms with van der Waals surface area (Å²) in [6, 6.07) is 9.71. The van der Waals surface area contributed by atoms with Crippen LogP contribution in [0.15, 0.2) is 28.7 Å². The van der Waals surface area contributed by atoms with Crippen molar-refractivity contribution in [3.8, 4) is 6.07 Å². The fourth-order valence-corrected chi connectivity index (χ4v) is 2.33. The molecule has 2 rings (SSSR count). The first-order valence-corrected chi connectivity index (χ1v) is 7.17. The highest BCUT2D eigenvalue weighted by Gasteiger charge is 2.20. The van der Waals surface area contributed by atoms with Crippen LogP contribution in [-0.2, 0) is 0 Å². The van der Waals surface area contributed by atoms with E-state index in [0.717, 1.165) is 10.9 Å². The Labute approximate surface area is 125 Å². The molecule has 1 amide bonds. The van der Waals surface area contributed by atoms with Gasteiger partial charge in [0, 0.05) is 18.5 Å². The fraction of sp³-hybridized carbons (Fsp3) is 0.412. The molecular weight excluding hydrogens is 264 g/mol. The molecule has 0 aliphatic carbocycles. The van der Waals surface area contributed by atoms with E-state index >= 15 is 0 Å². The Bertz CT molecular complexity index is 680. The van der Waals surface area contributed by atoms with Gasteiger partial charge < -0.3 is 9.32 Å². The van der Waals surface area contributed by atoms with Crippen LogP contribution in [0, 0.1) is 24.2 Å². The number of fused-ring (bicyclic) bond motifs is 1. The molecule has 0 aliphatic rings. The molecule has 0 bridgehead atoms. The number of hydrogen-bond donors (Lipinski definition) is 0. The topological polar surface area (TPSA) is 57.2 Å². The number of carbonyl (C=O) groups is 1. The summed E-state index contributed by atoms with van der Waals surface area (Å²) in [5.41, 5.74) is 1.85. The number of nitrogens with zero attached hydrogens (tertiary/aromatic N) is 2. The lowest BCUT2D eigenvalue weighted by Gasteiger charge is -2.22. The lowest BCUT2D eigenvalue weighted by molar-refractivity contribution is 0.0710. The molecule has 0 atom stereocenters. The highest BCUT2D eigenvalue weighted by Crippen LogP contribution is 2.22. The molecule has 0 aliphatic heterocycles. The Morgan fingerprint density at radius 3 is 2.81 bits per heavy atom. The Hall–Kier alpha value is -2.28. The standard InChI is InChI=1S/C17H20N2O2/c1-12(2)11-19(8-4-7-18)17(20)16-10-14-9-13(3)5-6-15(14)21-16/h5-6,9-10,12H,4,8,11H2,1-3H3. The van der Waals surface area contributed by atoms with E-state index in [9.17, 15) is 4.79 Å². The molecule has 1 heterocycles. The summed E-state index contributed by atoms with van der Waals surface area (Å²) in [5.74, 6) is 0.543. The van der Waals surface area contributed by atoms with E-state index in [4.69, 9.17) is 9.68 Å². The predicted octanol–water partition coefficient (Wildman–Crippen LogP) is 3.75. The zero-order chi connectivity index (χ0) is 15.4. The van der Waals surface area contributed by atoms with Gasteiger partial charge in [0.1, 0.15) is 5.58 Å². The van der Waals surface area contributed by atoms with Crippen LogP contribution in [0.2, 0.25) is 0 Å². The summed E-state index contributed by atoms with van der Waals surface area (Å²) in [6.07, 6.45) is 0.331. The molecule has 4 heteroatoms. The van der Waals surface area contributed by atoms with E-state index in [0.29, 0.717) is 36.8 Å². The first-order chi connectivity index (χ1) is 10.0. The molecule has 0 spiro atoms. The first-order valence-electron chi connectivity index (χ1n) is 7.17. The van der Waals surface area contributed by atoms with E-state index in [2.05, 4.69) is 19.9 Å². The highest BCUT2D eigenvalue weighted by atomic mass is 16.3. The summed E-state index contributed by atoms with van der Waals surface area (Å²) in [7, 11) is 0. The van der Waals surface area contributed by atoms with Gasteiger partial charge in [-0.25, -0.2) is 0 Å². The largest absolute Gasteiger partial charge is 0.451 e. The molecule has 0 N–H and O–H groups in total. The molecule has 0 fully saturated rings. The average molecular weight is 284 g/mol. The van der Waals surface area contributed by atoms with Crippen LogP contribution in [0.4, 0.5) is 0 Å². The highest BCUT2D eigenvalue weighted by molar-refractivity contribution is 5.96. The Morgan fingerprint density at radius 2 is 2.14 bits per heavy atom. The summed E-state index contributed by atoms with van der Waals surface area (Å²) in [4.78, 5) is 14.3. The van der Waals surface area contributed by atoms with Gasteiger partial charge in [-0.2, -0.15) is 5.26 Å². The molecule has 1 aromatic heterocycles. The van der Waals surface area contributed by atoms with E-state index in [1.807, 2.05) is 25.1 Å². The van der Waals surface area contributed by atoms with Gasteiger partial charge >= 0.3 is 0 Å². The van der Waals surface area contributed by atoms with Gasteiger partial charge in [0.25, 0.3) is 5.91 Å². The molecule has 0 saturated heterocycles. The van der Waals surface area contributed by atoms with E-state index in [-0.39, 0.29) is 5.91 Å². The van der Waals surface area contributed by atoms with Gasteiger partial charge in [-0.3, -0.25) is 4.79 Å². The molecular formula is C17H20N2O2. The number of rotatable bonds is 5. The third kappa shape index (κ3) is 3.63. The molecule has 0 saturated carbocycles. The molecule has 1 aromatic carbocycles. The first kappa shape index (κ1) is 15.1. The van der Waals surface area contributed by atoms with Crippen LogP contribution in [-0.4, -0.2) is 23.9 Å². The zero-order valence-corrected chi connectivity index (χ0v) is 12.7. The normalized spacial score (nSPS) is 10.8. The van der Waals surface area contributed by atoms with E-state index < -0.39 is 0 Å². The van der Waals surface area contributed by atoms with Crippen molar-refractivity contribution in [2.75, 3.05) is 13.1 Å². The monoisotopic (exact) mass is 284 g/mol. The Kier molecular flexibility index (Phi) is 4.64. The average Bonchev–Trinajstić information content (AvgIpc) is 2.85. The van der Waals surface area contributed by atoms with Crippen molar-refractivity contribution in [2.45, 2.75) is 27.2 Å². The number of aryl methyl sites for hydroxylation is 1. The van der Waals surface area contributed by atoms with Crippen molar-refractivity contribution < 1.29 is 9.21 Å². The summed E-state index contributed by atoms with van der Waals surface area (Å²) >= 11 is 0. The number of hydrogen-bond acceptors (Lipinski definition) is 3. The Morgan fingerprint density at radius 1 is 1.38 bits per heavy atom. The minimum Gasteiger partial charge on any atom is -0.451 e. The van der Waals surface area contributed by atoms with Crippen molar-refractivity contribution in [1.29, 1.82) is 5.26 Å². The minimum absolute atomic E-state index is 0.146. The minimum atomic E-state index is -0.146. The molecule has 110 valence electrons. The van der Waals surface area contributed by atoms with Crippen LogP contribution in [0.25, 0.3) is 11.0 Å². The van der Waals surface area contributed by atoms with Crippen molar-refractivity contribution in [3.05, 3.63) is 35.6 Å². The molecule has 0 radical (unpaired) electrons. The van der Waals surface area contributed by atoms with E-state index in [1.165, 1.54) is 0 Å². The second-order valence-electron chi connectivity index (χ2n) is 5.71. The quantitative estimate of drug-likeness (QED) is 0.840. The van der Waals surface area contributed by atoms with Gasteiger partial charge in [-0.05, 0) is 31.0 Å². The van der Waals surface area contributed by atoms with Gasteiger partial charge in [-0.1, -0.05) is 25.5 Å². The lowest BCUT2D eigenvalue weighted by Crippen LogP contribution is -2.34. The van der Waals surface area contributed by atoms with Crippen LogP contribution in [0.5, 0.6) is 0 Å². The number of nitriles is 1. The third-order valence-electron chi connectivity index (χ3n) is 3.25. The predicted molar refractivity (Wildman–Crippen MR) is 81.9 cm³/mol. The van der Waals surface area contributed by atoms with Crippen molar-refractivity contribution >= 4 is 16.9 Å². The molecule has 4 nitrogen and oxygen atoms in total. The summed E-state index contributed by atoms with van der Waals surface area (Å²) in [6.45, 7) is 7.16. The van der Waals surface area contributed by atoms with Gasteiger partial charge in [0.15, 0.2) is 5.76 Å². The van der Waals surface area contributed by atoms with Gasteiger partial charge in [-0.15, -0.1) is 0 Å². The van der Waals surface area contributed by atoms with Crippen LogP contribution >= 0.6 is 0 Å². The summed E-state index contributed by atoms with van der Waals surface area (Å²) in [5, 5.41) is 9.67. The molecule has 21 heavy (non-hydrogen) atoms. The maximum Gasteiger partial charge on any atom is 0.289 e. The summed E-state index contributed by atoms with van der Waals surface area (Å²) < 4.78 is 5.65. The number of amides is 1. The second-order valence-corrected chi connectivity index (χ2v) is 5.71. The maximum atomic E-state index is 12.6. The fourth-order valence-electron chi connectivity index (χ4n) is 2.33.